The number of sulfonamides is 1. The second-order valence-electron chi connectivity index (χ2n) is 6.51. The van der Waals surface area contributed by atoms with Crippen LogP contribution >= 0.6 is 0 Å². The lowest BCUT2D eigenvalue weighted by atomic mass is 10.1. The lowest BCUT2D eigenvalue weighted by Crippen LogP contribution is -2.42. The average Bonchev–Trinajstić information content (AvgIpc) is 3.16. The number of rotatable bonds is 8. The Hall–Kier alpha value is -3.57. The van der Waals surface area contributed by atoms with Crippen LogP contribution in [-0.2, 0) is 20.6 Å². The number of carbonyl (C=O) groups is 1. The number of carbonyl (C=O) groups excluding carboxylic acids is 1. The number of nitro benzene ring substituents is 1. The van der Waals surface area contributed by atoms with Crippen LogP contribution in [0.2, 0.25) is 0 Å². The maximum absolute atomic E-state index is 12.4. The molecule has 10 nitrogen and oxygen atoms in total. The van der Waals surface area contributed by atoms with E-state index in [1.54, 1.807) is 6.07 Å². The summed E-state index contributed by atoms with van der Waals surface area (Å²) in [6, 6.07) is 15.4. The van der Waals surface area contributed by atoms with Crippen molar-refractivity contribution >= 4 is 27.4 Å². The number of anilines is 1. The Morgan fingerprint density at radius 1 is 1.17 bits per heavy atom. The van der Waals surface area contributed by atoms with Gasteiger partial charge in [-0.2, -0.15) is 5.10 Å². The molecule has 1 heterocycles. The number of hydrogen-bond acceptors (Lipinski definition) is 6. The van der Waals surface area contributed by atoms with Gasteiger partial charge >= 0.3 is 0 Å². The van der Waals surface area contributed by atoms with E-state index in [4.69, 9.17) is 0 Å². The average molecular weight is 429 g/mol. The van der Waals surface area contributed by atoms with Crippen LogP contribution in [0.5, 0.6) is 0 Å². The lowest BCUT2D eigenvalue weighted by molar-refractivity contribution is -0.385. The summed E-state index contributed by atoms with van der Waals surface area (Å²) in [6.45, 7) is 1.38. The van der Waals surface area contributed by atoms with Crippen molar-refractivity contribution in [3.05, 3.63) is 76.3 Å². The number of benzene rings is 2. The van der Waals surface area contributed by atoms with Crippen LogP contribution in [-0.4, -0.2) is 35.5 Å². The zero-order valence-electron chi connectivity index (χ0n) is 15.9. The molecule has 3 rings (SSSR count). The largest absolute Gasteiger partial charge is 0.310 e. The van der Waals surface area contributed by atoms with E-state index >= 15 is 0 Å². The molecule has 0 radical (unpaired) electrons. The van der Waals surface area contributed by atoms with Crippen molar-refractivity contribution in [2.24, 2.45) is 0 Å². The van der Waals surface area contributed by atoms with Crippen molar-refractivity contribution in [1.82, 2.24) is 14.9 Å². The second kappa shape index (κ2) is 8.84. The van der Waals surface area contributed by atoms with E-state index in [9.17, 15) is 23.3 Å². The smallest absolute Gasteiger partial charge is 0.273 e. The summed E-state index contributed by atoms with van der Waals surface area (Å²) in [7, 11) is -4.01. The fourth-order valence-electron chi connectivity index (χ4n) is 2.76. The van der Waals surface area contributed by atoms with Crippen LogP contribution in [0.3, 0.4) is 0 Å². The van der Waals surface area contributed by atoms with Gasteiger partial charge in [0.2, 0.25) is 15.9 Å². The molecule has 0 fully saturated rings. The quantitative estimate of drug-likeness (QED) is 0.370. The first-order chi connectivity index (χ1) is 14.2. The normalized spacial score (nSPS) is 12.3. The zero-order chi connectivity index (χ0) is 21.7. The number of H-pyrrole nitrogens is 1. The number of nitrogens with one attached hydrogen (secondary N) is 3. The SMILES string of the molecule is CC(NS(=O)(=O)Cc1ccccc1[N+](=O)[O-])C(=O)Nc1cc(-c2ccccc2)n[nH]1. The molecule has 0 aliphatic rings. The zero-order valence-corrected chi connectivity index (χ0v) is 16.7. The Balaban J connectivity index is 1.64. The van der Waals surface area contributed by atoms with Crippen molar-refractivity contribution in [2.45, 2.75) is 18.7 Å². The monoisotopic (exact) mass is 429 g/mol. The predicted octanol–water partition coefficient (Wildman–Crippen LogP) is 2.43. The van der Waals surface area contributed by atoms with E-state index < -0.39 is 32.6 Å². The molecule has 1 unspecified atom stereocenters. The predicted molar refractivity (Wildman–Crippen MR) is 111 cm³/mol. The number of amides is 1. The summed E-state index contributed by atoms with van der Waals surface area (Å²) in [5, 5.41) is 20.4. The number of nitro groups is 1. The van der Waals surface area contributed by atoms with Gasteiger partial charge in [-0.15, -0.1) is 0 Å². The summed E-state index contributed by atoms with van der Waals surface area (Å²) in [5.74, 6) is -0.919. The number of hydrogen-bond donors (Lipinski definition) is 3. The molecule has 3 N–H and O–H groups in total. The standard InChI is InChI=1S/C19H19N5O5S/c1-13(23-30(28,29)12-15-9-5-6-10-17(15)24(26)27)19(25)20-18-11-16(21-22-18)14-7-3-2-4-8-14/h2-11,13,23H,12H2,1H3,(H2,20,21,22,25). The fourth-order valence-corrected chi connectivity index (χ4v) is 4.15. The van der Waals surface area contributed by atoms with Crippen molar-refractivity contribution in [1.29, 1.82) is 0 Å². The van der Waals surface area contributed by atoms with Crippen LogP contribution in [0.15, 0.2) is 60.7 Å². The van der Waals surface area contributed by atoms with Gasteiger partial charge in [0.25, 0.3) is 5.69 Å². The van der Waals surface area contributed by atoms with Gasteiger partial charge in [0.05, 0.1) is 22.4 Å². The summed E-state index contributed by atoms with van der Waals surface area (Å²) >= 11 is 0. The summed E-state index contributed by atoms with van der Waals surface area (Å²) in [4.78, 5) is 22.8. The summed E-state index contributed by atoms with van der Waals surface area (Å²) in [6.07, 6.45) is 0. The minimum absolute atomic E-state index is 0.0312. The maximum atomic E-state index is 12.4. The highest BCUT2D eigenvalue weighted by Gasteiger charge is 2.24. The second-order valence-corrected chi connectivity index (χ2v) is 8.26. The highest BCUT2D eigenvalue weighted by molar-refractivity contribution is 7.88. The Morgan fingerprint density at radius 2 is 1.83 bits per heavy atom. The third-order valence-electron chi connectivity index (χ3n) is 4.19. The topological polar surface area (TPSA) is 147 Å². The molecular weight excluding hydrogens is 410 g/mol. The van der Waals surface area contributed by atoms with Crippen LogP contribution < -0.4 is 10.0 Å². The third kappa shape index (κ3) is 5.27. The van der Waals surface area contributed by atoms with Gasteiger partial charge in [-0.05, 0) is 6.92 Å². The van der Waals surface area contributed by atoms with E-state index in [-0.39, 0.29) is 11.3 Å². The Bertz CT molecular complexity index is 1160. The van der Waals surface area contributed by atoms with Gasteiger partial charge in [0, 0.05) is 23.3 Å². The maximum Gasteiger partial charge on any atom is 0.273 e. The van der Waals surface area contributed by atoms with Crippen molar-refractivity contribution in [2.75, 3.05) is 5.32 Å². The molecule has 11 heteroatoms. The number of aromatic amines is 1. The van der Waals surface area contributed by atoms with E-state index in [0.717, 1.165) is 5.56 Å². The molecule has 1 amide bonds. The van der Waals surface area contributed by atoms with Gasteiger partial charge in [-0.25, -0.2) is 13.1 Å². The molecular formula is C19H19N5O5S. The van der Waals surface area contributed by atoms with Gasteiger partial charge in [-0.3, -0.25) is 20.0 Å². The molecule has 0 saturated carbocycles. The van der Waals surface area contributed by atoms with Gasteiger partial charge in [0.15, 0.2) is 0 Å². The molecule has 30 heavy (non-hydrogen) atoms. The van der Waals surface area contributed by atoms with Gasteiger partial charge in [-0.1, -0.05) is 48.5 Å². The Kier molecular flexibility index (Phi) is 6.23. The minimum Gasteiger partial charge on any atom is -0.310 e. The highest BCUT2D eigenvalue weighted by atomic mass is 32.2. The number of nitrogens with zero attached hydrogens (tertiary/aromatic N) is 2. The molecule has 3 aromatic rings. The van der Waals surface area contributed by atoms with Crippen molar-refractivity contribution < 1.29 is 18.1 Å². The van der Waals surface area contributed by atoms with Crippen LogP contribution in [0, 0.1) is 10.1 Å². The number of para-hydroxylation sites is 1. The molecule has 2 aromatic carbocycles. The van der Waals surface area contributed by atoms with Crippen LogP contribution in [0.25, 0.3) is 11.3 Å². The minimum atomic E-state index is -4.01. The van der Waals surface area contributed by atoms with E-state index in [1.165, 1.54) is 31.2 Å². The van der Waals surface area contributed by atoms with Crippen molar-refractivity contribution in [3.8, 4) is 11.3 Å². The van der Waals surface area contributed by atoms with E-state index in [2.05, 4.69) is 20.2 Å². The van der Waals surface area contributed by atoms with Crippen LogP contribution in [0.1, 0.15) is 12.5 Å². The van der Waals surface area contributed by atoms with Gasteiger partial charge in [0.1, 0.15) is 5.82 Å². The molecule has 156 valence electrons. The summed E-state index contributed by atoms with van der Waals surface area (Å²) < 4.78 is 27.0. The fraction of sp³-hybridized carbons (Fsp3) is 0.158. The molecule has 0 aliphatic carbocycles. The molecule has 1 aromatic heterocycles. The molecule has 0 saturated heterocycles. The Labute approximate surface area is 172 Å². The first kappa shape index (κ1) is 21.1. The Morgan fingerprint density at radius 3 is 2.53 bits per heavy atom. The highest BCUT2D eigenvalue weighted by Crippen LogP contribution is 2.21. The summed E-state index contributed by atoms with van der Waals surface area (Å²) in [5.41, 5.74) is 1.21. The molecule has 0 bridgehead atoms. The third-order valence-corrected chi connectivity index (χ3v) is 5.59. The molecule has 1 atom stereocenters. The van der Waals surface area contributed by atoms with Gasteiger partial charge < -0.3 is 5.32 Å². The van der Waals surface area contributed by atoms with E-state index in [1.807, 2.05) is 30.3 Å². The number of aromatic nitrogens is 2. The molecule has 0 aliphatic heterocycles. The van der Waals surface area contributed by atoms with E-state index in [0.29, 0.717) is 11.5 Å². The lowest BCUT2D eigenvalue weighted by Gasteiger charge is -2.13. The van der Waals surface area contributed by atoms with Crippen LogP contribution in [0.4, 0.5) is 11.5 Å². The van der Waals surface area contributed by atoms with Crippen molar-refractivity contribution in [3.63, 3.8) is 0 Å². The first-order valence-corrected chi connectivity index (χ1v) is 10.5. The molecule has 0 spiro atoms. The first-order valence-electron chi connectivity index (χ1n) is 8.89.